The average Bonchev–Trinajstić information content (AvgIpc) is 2.29. The number of anilines is 1. The van der Waals surface area contributed by atoms with Crippen LogP contribution in [0.15, 0.2) is 18.2 Å². The van der Waals surface area contributed by atoms with Crippen LogP contribution in [0, 0.1) is 6.92 Å². The molecule has 0 radical (unpaired) electrons. The van der Waals surface area contributed by atoms with Crippen molar-refractivity contribution in [3.63, 3.8) is 0 Å². The monoisotopic (exact) mass is 234 g/mol. The van der Waals surface area contributed by atoms with Crippen LogP contribution in [0.2, 0.25) is 0 Å². The molecule has 0 aliphatic carbocycles. The van der Waals surface area contributed by atoms with E-state index in [1.54, 1.807) is 0 Å². The zero-order valence-electron chi connectivity index (χ0n) is 10.7. The van der Waals surface area contributed by atoms with Crippen LogP contribution in [-0.4, -0.2) is 23.8 Å². The third kappa shape index (κ3) is 2.61. The SMILES string of the molecule is Cc1cccc(CN)c1N1CCC(C)(O)CC1. The van der Waals surface area contributed by atoms with Crippen molar-refractivity contribution in [1.29, 1.82) is 0 Å². The number of piperidine rings is 1. The maximum Gasteiger partial charge on any atom is 0.0653 e. The maximum absolute atomic E-state index is 9.98. The van der Waals surface area contributed by atoms with Gasteiger partial charge in [0, 0.05) is 25.3 Å². The fourth-order valence-corrected chi connectivity index (χ4v) is 2.55. The zero-order chi connectivity index (χ0) is 12.5. The second kappa shape index (κ2) is 4.67. The van der Waals surface area contributed by atoms with Crippen molar-refractivity contribution in [2.24, 2.45) is 5.73 Å². The van der Waals surface area contributed by atoms with Gasteiger partial charge in [0.2, 0.25) is 0 Å². The molecule has 1 aromatic rings. The molecule has 0 atom stereocenters. The van der Waals surface area contributed by atoms with Gasteiger partial charge in [0.05, 0.1) is 5.60 Å². The second-order valence-corrected chi connectivity index (χ2v) is 5.27. The Morgan fingerprint density at radius 2 is 2.00 bits per heavy atom. The number of para-hydroxylation sites is 1. The molecule has 0 saturated carbocycles. The molecule has 1 aliphatic rings. The van der Waals surface area contributed by atoms with Gasteiger partial charge in [-0.1, -0.05) is 18.2 Å². The summed E-state index contributed by atoms with van der Waals surface area (Å²) in [6.45, 7) is 6.44. The molecule has 0 spiro atoms. The molecule has 1 heterocycles. The Kier molecular flexibility index (Phi) is 3.40. The van der Waals surface area contributed by atoms with Gasteiger partial charge in [-0.05, 0) is 37.8 Å². The lowest BCUT2D eigenvalue weighted by atomic mass is 9.92. The van der Waals surface area contributed by atoms with E-state index in [0.29, 0.717) is 6.54 Å². The number of nitrogens with two attached hydrogens (primary N) is 1. The minimum atomic E-state index is -0.498. The fourth-order valence-electron chi connectivity index (χ4n) is 2.55. The lowest BCUT2D eigenvalue weighted by Gasteiger charge is -2.38. The number of rotatable bonds is 2. The molecule has 1 fully saturated rings. The molecule has 94 valence electrons. The summed E-state index contributed by atoms with van der Waals surface area (Å²) in [5.41, 5.74) is 9.05. The van der Waals surface area contributed by atoms with Crippen LogP contribution >= 0.6 is 0 Å². The zero-order valence-corrected chi connectivity index (χ0v) is 10.7. The van der Waals surface area contributed by atoms with Crippen molar-refractivity contribution in [2.75, 3.05) is 18.0 Å². The summed E-state index contributed by atoms with van der Waals surface area (Å²) in [6, 6.07) is 6.28. The fraction of sp³-hybridized carbons (Fsp3) is 0.571. The Morgan fingerprint density at radius 3 is 2.59 bits per heavy atom. The lowest BCUT2D eigenvalue weighted by Crippen LogP contribution is -2.43. The highest BCUT2D eigenvalue weighted by molar-refractivity contribution is 5.59. The van der Waals surface area contributed by atoms with Crippen LogP contribution in [0.4, 0.5) is 5.69 Å². The number of hydrogen-bond acceptors (Lipinski definition) is 3. The smallest absolute Gasteiger partial charge is 0.0653 e. The van der Waals surface area contributed by atoms with E-state index in [0.717, 1.165) is 25.9 Å². The quantitative estimate of drug-likeness (QED) is 0.820. The molecule has 0 amide bonds. The predicted molar refractivity (Wildman–Crippen MR) is 71.1 cm³/mol. The average molecular weight is 234 g/mol. The van der Waals surface area contributed by atoms with Crippen LogP contribution in [0.3, 0.4) is 0 Å². The standard InChI is InChI=1S/C14H22N2O/c1-11-4-3-5-12(10-15)13(11)16-8-6-14(2,17)7-9-16/h3-5,17H,6-10,15H2,1-2H3. The van der Waals surface area contributed by atoms with Gasteiger partial charge in [-0.2, -0.15) is 0 Å². The first-order chi connectivity index (χ1) is 8.03. The van der Waals surface area contributed by atoms with Crippen LogP contribution in [0.5, 0.6) is 0 Å². The van der Waals surface area contributed by atoms with Gasteiger partial charge >= 0.3 is 0 Å². The summed E-state index contributed by atoms with van der Waals surface area (Å²) in [5.74, 6) is 0. The molecular formula is C14H22N2O. The highest BCUT2D eigenvalue weighted by Crippen LogP contribution is 2.30. The van der Waals surface area contributed by atoms with Crippen LogP contribution in [0.1, 0.15) is 30.9 Å². The van der Waals surface area contributed by atoms with Gasteiger partial charge in [0.1, 0.15) is 0 Å². The Labute approximate surface area is 103 Å². The third-order valence-electron chi connectivity index (χ3n) is 3.70. The Bertz CT molecular complexity index is 391. The molecule has 3 heteroatoms. The Hall–Kier alpha value is -1.06. The van der Waals surface area contributed by atoms with E-state index in [2.05, 4.69) is 30.0 Å². The van der Waals surface area contributed by atoms with Crippen molar-refractivity contribution in [2.45, 2.75) is 38.8 Å². The van der Waals surface area contributed by atoms with Crippen LogP contribution in [0.25, 0.3) is 0 Å². The van der Waals surface area contributed by atoms with Gasteiger partial charge in [0.25, 0.3) is 0 Å². The maximum atomic E-state index is 9.98. The van der Waals surface area contributed by atoms with Crippen LogP contribution < -0.4 is 10.6 Å². The minimum absolute atomic E-state index is 0.498. The van der Waals surface area contributed by atoms with Crippen molar-refractivity contribution in [3.05, 3.63) is 29.3 Å². The van der Waals surface area contributed by atoms with E-state index >= 15 is 0 Å². The number of hydrogen-bond donors (Lipinski definition) is 2. The minimum Gasteiger partial charge on any atom is -0.390 e. The summed E-state index contributed by atoms with van der Waals surface area (Å²) >= 11 is 0. The van der Waals surface area contributed by atoms with Crippen molar-refractivity contribution >= 4 is 5.69 Å². The van der Waals surface area contributed by atoms with E-state index in [1.165, 1.54) is 16.8 Å². The molecule has 0 aromatic heterocycles. The summed E-state index contributed by atoms with van der Waals surface area (Å²) in [4.78, 5) is 2.36. The summed E-state index contributed by atoms with van der Waals surface area (Å²) in [6.07, 6.45) is 1.65. The summed E-state index contributed by atoms with van der Waals surface area (Å²) in [7, 11) is 0. The third-order valence-corrected chi connectivity index (χ3v) is 3.70. The summed E-state index contributed by atoms with van der Waals surface area (Å²) in [5, 5.41) is 9.98. The van der Waals surface area contributed by atoms with Crippen molar-refractivity contribution in [3.8, 4) is 0 Å². The van der Waals surface area contributed by atoms with Gasteiger partial charge < -0.3 is 15.7 Å². The molecule has 0 bridgehead atoms. The molecule has 0 unspecified atom stereocenters. The molecule has 3 N–H and O–H groups in total. The highest BCUT2D eigenvalue weighted by atomic mass is 16.3. The first-order valence-electron chi connectivity index (χ1n) is 6.29. The van der Waals surface area contributed by atoms with Crippen molar-refractivity contribution in [1.82, 2.24) is 0 Å². The van der Waals surface area contributed by atoms with Gasteiger partial charge in [0.15, 0.2) is 0 Å². The Balaban J connectivity index is 2.23. The molecule has 1 saturated heterocycles. The topological polar surface area (TPSA) is 49.5 Å². The lowest BCUT2D eigenvalue weighted by molar-refractivity contribution is 0.0351. The van der Waals surface area contributed by atoms with Crippen molar-refractivity contribution < 1.29 is 5.11 Å². The van der Waals surface area contributed by atoms with E-state index < -0.39 is 5.60 Å². The molecule has 17 heavy (non-hydrogen) atoms. The molecule has 2 rings (SSSR count). The predicted octanol–water partition coefficient (Wildman–Crippen LogP) is 1.80. The molecule has 1 aliphatic heterocycles. The van der Waals surface area contributed by atoms with Crippen LogP contribution in [-0.2, 0) is 6.54 Å². The van der Waals surface area contributed by atoms with Gasteiger partial charge in [-0.15, -0.1) is 0 Å². The van der Waals surface area contributed by atoms with Gasteiger partial charge in [-0.3, -0.25) is 0 Å². The first kappa shape index (κ1) is 12.4. The molecule has 1 aromatic carbocycles. The number of nitrogens with zero attached hydrogens (tertiary/aromatic N) is 1. The van der Waals surface area contributed by atoms with E-state index in [9.17, 15) is 5.11 Å². The highest BCUT2D eigenvalue weighted by Gasteiger charge is 2.28. The Morgan fingerprint density at radius 1 is 1.35 bits per heavy atom. The number of aryl methyl sites for hydroxylation is 1. The van der Waals surface area contributed by atoms with E-state index in [1.807, 2.05) is 6.92 Å². The summed E-state index contributed by atoms with van der Waals surface area (Å²) < 4.78 is 0. The molecule has 3 nitrogen and oxygen atoms in total. The van der Waals surface area contributed by atoms with E-state index in [4.69, 9.17) is 5.73 Å². The molecular weight excluding hydrogens is 212 g/mol. The number of benzene rings is 1. The largest absolute Gasteiger partial charge is 0.390 e. The first-order valence-corrected chi connectivity index (χ1v) is 6.29. The normalized spacial score (nSPS) is 19.4. The van der Waals surface area contributed by atoms with E-state index in [-0.39, 0.29) is 0 Å². The van der Waals surface area contributed by atoms with Gasteiger partial charge in [-0.25, -0.2) is 0 Å². The number of aliphatic hydroxyl groups is 1. The second-order valence-electron chi connectivity index (χ2n) is 5.27.